The Morgan fingerprint density at radius 2 is 1.86 bits per heavy atom. The number of ether oxygens (including phenoxy) is 1. The van der Waals surface area contributed by atoms with Crippen LogP contribution in [0.2, 0.25) is 0 Å². The first-order valence-corrected chi connectivity index (χ1v) is 8.57. The number of hydrogen-bond acceptors (Lipinski definition) is 3. The fourth-order valence-electron chi connectivity index (χ4n) is 2.56. The molecule has 2 aromatic rings. The zero-order chi connectivity index (χ0) is 15.7. The number of anilines is 1. The highest BCUT2D eigenvalue weighted by Gasteiger charge is 2.33. The van der Waals surface area contributed by atoms with Gasteiger partial charge < -0.3 is 4.74 Å². The summed E-state index contributed by atoms with van der Waals surface area (Å²) < 4.78 is 45.5. The maximum Gasteiger partial charge on any atom is 0.239 e. The molecule has 0 N–H and O–H groups in total. The van der Waals surface area contributed by atoms with Gasteiger partial charge in [0.2, 0.25) is 10.0 Å². The molecule has 0 saturated heterocycles. The topological polar surface area (TPSA) is 46.6 Å². The number of para-hydroxylation sites is 2. The normalized spacial score (nSPS) is 17.7. The van der Waals surface area contributed by atoms with Crippen molar-refractivity contribution in [1.82, 2.24) is 0 Å². The molecule has 0 fully saturated rings. The van der Waals surface area contributed by atoms with Gasteiger partial charge in [-0.1, -0.05) is 24.3 Å². The van der Waals surface area contributed by atoms with Gasteiger partial charge in [0.1, 0.15) is 18.2 Å². The quantitative estimate of drug-likeness (QED) is 0.873. The molecule has 1 heterocycles. The number of sulfonamides is 1. The van der Waals surface area contributed by atoms with Crippen molar-refractivity contribution < 1.29 is 17.5 Å². The molecule has 0 radical (unpaired) electrons. The average molecular weight is 321 g/mol. The summed E-state index contributed by atoms with van der Waals surface area (Å²) in [6, 6.07) is 12.3. The van der Waals surface area contributed by atoms with Gasteiger partial charge in [0.15, 0.2) is 0 Å². The maximum atomic E-state index is 13.0. The van der Waals surface area contributed by atoms with E-state index in [0.717, 1.165) is 0 Å². The summed E-state index contributed by atoms with van der Waals surface area (Å²) in [4.78, 5) is 0. The predicted molar refractivity (Wildman–Crippen MR) is 82.9 cm³/mol. The van der Waals surface area contributed by atoms with Gasteiger partial charge in [-0.2, -0.15) is 0 Å². The van der Waals surface area contributed by atoms with Crippen molar-refractivity contribution in [1.29, 1.82) is 0 Å². The smallest absolute Gasteiger partial charge is 0.239 e. The second-order valence-corrected chi connectivity index (χ2v) is 7.15. The van der Waals surface area contributed by atoms with Crippen LogP contribution in [0.5, 0.6) is 5.75 Å². The maximum absolute atomic E-state index is 13.0. The Hall–Kier alpha value is -2.08. The summed E-state index contributed by atoms with van der Waals surface area (Å²) in [6.07, 6.45) is 0. The van der Waals surface area contributed by atoms with E-state index in [1.165, 1.54) is 28.6 Å². The summed E-state index contributed by atoms with van der Waals surface area (Å²) in [5.74, 6) is 0.000829. The average Bonchev–Trinajstić information content (AvgIpc) is 2.49. The second-order valence-electron chi connectivity index (χ2n) is 5.31. The molecule has 1 unspecified atom stereocenters. The molecule has 6 heteroatoms. The van der Waals surface area contributed by atoms with Crippen LogP contribution in [0.4, 0.5) is 10.1 Å². The van der Waals surface area contributed by atoms with Crippen LogP contribution < -0.4 is 9.04 Å². The monoisotopic (exact) mass is 321 g/mol. The summed E-state index contributed by atoms with van der Waals surface area (Å²) in [5, 5.41) is 0. The molecule has 22 heavy (non-hydrogen) atoms. The Bertz CT molecular complexity index is 774. The van der Waals surface area contributed by atoms with Crippen LogP contribution in [0.3, 0.4) is 0 Å². The first kappa shape index (κ1) is 14.8. The molecule has 1 atom stereocenters. The SMILES string of the molecule is CC1COc2ccccc2N1S(=O)(=O)Cc1ccc(F)cc1. The Kier molecular flexibility index (Phi) is 3.78. The minimum atomic E-state index is -3.58. The molecule has 1 aliphatic heterocycles. The van der Waals surface area contributed by atoms with Crippen molar-refractivity contribution in [2.24, 2.45) is 0 Å². The number of fused-ring (bicyclic) bond motifs is 1. The van der Waals surface area contributed by atoms with Crippen LogP contribution >= 0.6 is 0 Å². The number of nitrogens with zero attached hydrogens (tertiary/aromatic N) is 1. The molecule has 0 spiro atoms. The molecule has 1 aliphatic rings. The van der Waals surface area contributed by atoms with Gasteiger partial charge in [-0.05, 0) is 36.8 Å². The van der Waals surface area contributed by atoms with Crippen LogP contribution in [-0.4, -0.2) is 21.1 Å². The van der Waals surface area contributed by atoms with Gasteiger partial charge in [0, 0.05) is 0 Å². The standard InChI is InChI=1S/C16H16FNO3S/c1-12-10-21-16-5-3-2-4-15(16)18(12)22(19,20)11-13-6-8-14(17)9-7-13/h2-9,12H,10-11H2,1H3. The third-order valence-electron chi connectivity index (χ3n) is 3.55. The molecule has 2 aromatic carbocycles. The number of rotatable bonds is 3. The van der Waals surface area contributed by atoms with Crippen molar-refractivity contribution in [2.45, 2.75) is 18.7 Å². The zero-order valence-corrected chi connectivity index (χ0v) is 12.9. The van der Waals surface area contributed by atoms with E-state index in [0.29, 0.717) is 23.6 Å². The minimum Gasteiger partial charge on any atom is -0.489 e. The van der Waals surface area contributed by atoms with Crippen molar-refractivity contribution in [3.8, 4) is 5.75 Å². The molecule has 0 aromatic heterocycles. The van der Waals surface area contributed by atoms with E-state index in [1.54, 1.807) is 31.2 Å². The Balaban J connectivity index is 1.96. The Morgan fingerprint density at radius 1 is 1.18 bits per heavy atom. The number of hydrogen-bond donors (Lipinski definition) is 0. The molecular formula is C16H16FNO3S. The van der Waals surface area contributed by atoms with Crippen molar-refractivity contribution in [3.63, 3.8) is 0 Å². The van der Waals surface area contributed by atoms with Gasteiger partial charge in [0.05, 0.1) is 17.5 Å². The third-order valence-corrected chi connectivity index (χ3v) is 5.40. The van der Waals surface area contributed by atoms with E-state index in [4.69, 9.17) is 4.74 Å². The molecular weight excluding hydrogens is 305 g/mol. The van der Waals surface area contributed by atoms with Crippen LogP contribution in [0, 0.1) is 5.82 Å². The first-order chi connectivity index (χ1) is 10.5. The van der Waals surface area contributed by atoms with Crippen LogP contribution in [0.1, 0.15) is 12.5 Å². The van der Waals surface area contributed by atoms with Crippen molar-refractivity contribution in [3.05, 3.63) is 59.9 Å². The largest absolute Gasteiger partial charge is 0.489 e. The summed E-state index contributed by atoms with van der Waals surface area (Å²) in [7, 11) is -3.58. The lowest BCUT2D eigenvalue weighted by molar-refractivity contribution is 0.281. The lowest BCUT2D eigenvalue weighted by atomic mass is 10.2. The van der Waals surface area contributed by atoms with Crippen LogP contribution in [0.25, 0.3) is 0 Å². The molecule has 0 aliphatic carbocycles. The Morgan fingerprint density at radius 3 is 2.59 bits per heavy atom. The van der Waals surface area contributed by atoms with E-state index in [2.05, 4.69) is 0 Å². The second kappa shape index (κ2) is 5.61. The molecule has 0 bridgehead atoms. The number of benzene rings is 2. The highest BCUT2D eigenvalue weighted by molar-refractivity contribution is 7.92. The van der Waals surface area contributed by atoms with E-state index in [-0.39, 0.29) is 17.6 Å². The van der Waals surface area contributed by atoms with E-state index in [9.17, 15) is 12.8 Å². The van der Waals surface area contributed by atoms with E-state index < -0.39 is 10.0 Å². The summed E-state index contributed by atoms with van der Waals surface area (Å²) in [6.45, 7) is 2.11. The Labute approximate surface area is 129 Å². The summed E-state index contributed by atoms with van der Waals surface area (Å²) in [5.41, 5.74) is 1.10. The highest BCUT2D eigenvalue weighted by atomic mass is 32.2. The lowest BCUT2D eigenvalue weighted by Gasteiger charge is -2.35. The fourth-order valence-corrected chi connectivity index (χ4v) is 4.37. The van der Waals surface area contributed by atoms with E-state index >= 15 is 0 Å². The predicted octanol–water partition coefficient (Wildman–Crippen LogP) is 2.94. The van der Waals surface area contributed by atoms with E-state index in [1.807, 2.05) is 0 Å². The summed E-state index contributed by atoms with van der Waals surface area (Å²) >= 11 is 0. The molecule has 0 amide bonds. The van der Waals surface area contributed by atoms with Crippen molar-refractivity contribution >= 4 is 15.7 Å². The molecule has 116 valence electrons. The lowest BCUT2D eigenvalue weighted by Crippen LogP contribution is -2.45. The van der Waals surface area contributed by atoms with Crippen LogP contribution in [-0.2, 0) is 15.8 Å². The van der Waals surface area contributed by atoms with Crippen molar-refractivity contribution in [2.75, 3.05) is 10.9 Å². The molecule has 0 saturated carbocycles. The number of halogens is 1. The zero-order valence-electron chi connectivity index (χ0n) is 12.1. The van der Waals surface area contributed by atoms with Gasteiger partial charge in [-0.3, -0.25) is 4.31 Å². The van der Waals surface area contributed by atoms with Gasteiger partial charge in [0.25, 0.3) is 0 Å². The van der Waals surface area contributed by atoms with Crippen LogP contribution in [0.15, 0.2) is 48.5 Å². The van der Waals surface area contributed by atoms with Gasteiger partial charge in [-0.15, -0.1) is 0 Å². The molecule has 4 nitrogen and oxygen atoms in total. The molecule has 3 rings (SSSR count). The minimum absolute atomic E-state index is 0.175. The highest BCUT2D eigenvalue weighted by Crippen LogP contribution is 2.36. The third kappa shape index (κ3) is 2.78. The first-order valence-electron chi connectivity index (χ1n) is 6.96. The fraction of sp³-hybridized carbons (Fsp3) is 0.250. The van der Waals surface area contributed by atoms with Gasteiger partial charge in [-0.25, -0.2) is 12.8 Å². The van der Waals surface area contributed by atoms with Gasteiger partial charge >= 0.3 is 0 Å².